The first-order valence-electron chi connectivity index (χ1n) is 8.59. The Balaban J connectivity index is 2.51. The van der Waals surface area contributed by atoms with E-state index in [9.17, 15) is 10.2 Å². The second-order valence-corrected chi connectivity index (χ2v) is 6.49. The van der Waals surface area contributed by atoms with Gasteiger partial charge >= 0.3 is 0 Å². The topological polar surface area (TPSA) is 40.5 Å². The van der Waals surface area contributed by atoms with Crippen LogP contribution in [0.2, 0.25) is 0 Å². The number of rotatable bonds is 0. The molecule has 124 valence electrons. The lowest BCUT2D eigenvalue weighted by atomic mass is 10.0. The molecule has 1 aliphatic rings. The van der Waals surface area contributed by atoms with E-state index in [0.717, 1.165) is 31.3 Å². The zero-order valence-electron chi connectivity index (χ0n) is 14.0. The smallest absolute Gasteiger partial charge is 0.124 e. The normalized spacial score (nSPS) is 16.9. The van der Waals surface area contributed by atoms with Crippen molar-refractivity contribution in [3.63, 3.8) is 0 Å². The summed E-state index contributed by atoms with van der Waals surface area (Å²) < 4.78 is 0. The summed E-state index contributed by atoms with van der Waals surface area (Å²) in [7, 11) is 0. The molecule has 0 saturated heterocycles. The van der Waals surface area contributed by atoms with Gasteiger partial charge in [-0.3, -0.25) is 0 Å². The lowest BCUT2D eigenvalue weighted by Gasteiger charge is -2.05. The maximum atomic E-state index is 10.7. The molecule has 5 rings (SSSR count). The summed E-state index contributed by atoms with van der Waals surface area (Å²) in [5.41, 5.74) is 0. The van der Waals surface area contributed by atoms with Crippen LogP contribution in [-0.2, 0) is 0 Å². The Morgan fingerprint density at radius 3 is 1.04 bits per heavy atom. The molecule has 1 aliphatic carbocycles. The van der Waals surface area contributed by atoms with E-state index in [4.69, 9.17) is 0 Å². The molecular weight excluding hydrogens is 320 g/mol. The van der Waals surface area contributed by atoms with Crippen LogP contribution in [0.5, 0.6) is 11.5 Å². The Kier molecular flexibility index (Phi) is 3.13. The SMILES string of the molecule is Oc1cccc2/c1=c1/c(O)ccc/c1=c1\cccc\c1=c1/cccc/c1=2. The summed E-state index contributed by atoms with van der Waals surface area (Å²) in [6.07, 6.45) is 0. The summed E-state index contributed by atoms with van der Waals surface area (Å²) in [6, 6.07) is 27.4. The molecule has 0 aromatic heterocycles. The third-order valence-electron chi connectivity index (χ3n) is 5.06. The Hall–Kier alpha value is -3.52. The van der Waals surface area contributed by atoms with Gasteiger partial charge in [-0.25, -0.2) is 0 Å². The van der Waals surface area contributed by atoms with Crippen molar-refractivity contribution in [3.8, 4) is 11.5 Å². The van der Waals surface area contributed by atoms with Gasteiger partial charge in [-0.05, 0) is 43.4 Å². The predicted molar refractivity (Wildman–Crippen MR) is 99.8 cm³/mol. The largest absolute Gasteiger partial charge is 0.507 e. The molecule has 0 radical (unpaired) electrons. The Morgan fingerprint density at radius 2 is 0.654 bits per heavy atom. The number of phenols is 2. The first kappa shape index (κ1) is 14.8. The van der Waals surface area contributed by atoms with E-state index in [1.807, 2.05) is 48.5 Å². The average Bonchev–Trinajstić information content (AvgIpc) is 2.67. The van der Waals surface area contributed by atoms with E-state index < -0.39 is 0 Å². The first-order chi connectivity index (χ1) is 12.8. The minimum atomic E-state index is 0.166. The molecule has 4 aromatic rings. The third-order valence-corrected chi connectivity index (χ3v) is 5.06. The Bertz CT molecular complexity index is 1440. The van der Waals surface area contributed by atoms with Crippen LogP contribution in [0.3, 0.4) is 0 Å². The summed E-state index contributed by atoms with van der Waals surface area (Å²) >= 11 is 0. The fraction of sp³-hybridized carbons (Fsp3) is 0. The fourth-order valence-corrected chi connectivity index (χ4v) is 3.96. The molecule has 2 heteroatoms. The van der Waals surface area contributed by atoms with Crippen LogP contribution in [0.15, 0.2) is 84.9 Å². The molecule has 0 spiro atoms. The standard InChI is InChI=1S/C24H16O2/c25-21-13-5-11-19-17-9-3-1-7-15(17)16-8-2-4-10-18(16)20-12-6-14-22(26)24(20)23(19)21/h1-14,25-26H/b16-15-,19-17-,20-18-,24-23-. The number of hydrogen-bond donors (Lipinski definition) is 2. The molecule has 26 heavy (non-hydrogen) atoms. The van der Waals surface area contributed by atoms with Gasteiger partial charge in [0.25, 0.3) is 0 Å². The summed E-state index contributed by atoms with van der Waals surface area (Å²) in [5, 5.41) is 28.9. The van der Waals surface area contributed by atoms with Crippen molar-refractivity contribution in [1.82, 2.24) is 0 Å². The molecule has 0 heterocycles. The average molecular weight is 336 g/mol. The molecule has 4 aromatic carbocycles. The second-order valence-electron chi connectivity index (χ2n) is 6.49. The highest BCUT2D eigenvalue weighted by Gasteiger charge is 2.05. The highest BCUT2D eigenvalue weighted by molar-refractivity contribution is 5.38. The molecule has 0 fully saturated rings. The minimum absolute atomic E-state index is 0.166. The molecular formula is C24H16O2. The molecule has 0 aliphatic heterocycles. The third kappa shape index (κ3) is 1.99. The van der Waals surface area contributed by atoms with Crippen molar-refractivity contribution in [2.75, 3.05) is 0 Å². The van der Waals surface area contributed by atoms with Gasteiger partial charge in [-0.2, -0.15) is 0 Å². The second kappa shape index (κ2) is 5.50. The lowest BCUT2D eigenvalue weighted by Crippen LogP contribution is -1.90. The van der Waals surface area contributed by atoms with Gasteiger partial charge < -0.3 is 10.2 Å². The van der Waals surface area contributed by atoms with Crippen LogP contribution in [0, 0.1) is 41.7 Å². The van der Waals surface area contributed by atoms with Gasteiger partial charge in [0.05, 0.1) is 0 Å². The van der Waals surface area contributed by atoms with E-state index in [-0.39, 0.29) is 11.5 Å². The van der Waals surface area contributed by atoms with E-state index in [1.54, 1.807) is 12.1 Å². The van der Waals surface area contributed by atoms with E-state index in [0.29, 0.717) is 10.4 Å². The minimum Gasteiger partial charge on any atom is -0.507 e. The summed E-state index contributed by atoms with van der Waals surface area (Å²) in [5.74, 6) is 0.332. The van der Waals surface area contributed by atoms with Gasteiger partial charge in [0.2, 0.25) is 0 Å². The number of aromatic hydroxyl groups is 2. The molecule has 2 nitrogen and oxygen atoms in total. The van der Waals surface area contributed by atoms with Gasteiger partial charge in [0, 0.05) is 10.4 Å². The molecule has 2 N–H and O–H groups in total. The lowest BCUT2D eigenvalue weighted by molar-refractivity contribution is 0.461. The summed E-state index contributed by atoms with van der Waals surface area (Å²) in [6.45, 7) is 0. The highest BCUT2D eigenvalue weighted by Crippen LogP contribution is 2.22. The highest BCUT2D eigenvalue weighted by atomic mass is 16.3. The molecule has 0 unspecified atom stereocenters. The number of benzene rings is 4. The zero-order valence-corrected chi connectivity index (χ0v) is 14.0. The quantitative estimate of drug-likeness (QED) is 0.435. The van der Waals surface area contributed by atoms with Crippen LogP contribution in [0.4, 0.5) is 0 Å². The van der Waals surface area contributed by atoms with Crippen molar-refractivity contribution in [2.45, 2.75) is 0 Å². The molecule has 0 bridgehead atoms. The molecule has 0 amide bonds. The maximum absolute atomic E-state index is 10.7. The Labute approximate surface area is 148 Å². The van der Waals surface area contributed by atoms with Crippen LogP contribution in [-0.4, -0.2) is 10.2 Å². The van der Waals surface area contributed by atoms with Gasteiger partial charge in [-0.15, -0.1) is 0 Å². The van der Waals surface area contributed by atoms with Crippen LogP contribution >= 0.6 is 0 Å². The van der Waals surface area contributed by atoms with Crippen molar-refractivity contribution >= 4 is 0 Å². The maximum Gasteiger partial charge on any atom is 0.124 e. The van der Waals surface area contributed by atoms with Gasteiger partial charge in [0.15, 0.2) is 0 Å². The van der Waals surface area contributed by atoms with Gasteiger partial charge in [0.1, 0.15) is 11.5 Å². The first-order valence-corrected chi connectivity index (χ1v) is 8.59. The van der Waals surface area contributed by atoms with Crippen molar-refractivity contribution in [3.05, 3.63) is 127 Å². The number of fused-ring (bicyclic) bond motifs is 4. The van der Waals surface area contributed by atoms with E-state index in [2.05, 4.69) is 24.3 Å². The van der Waals surface area contributed by atoms with Crippen LogP contribution in [0.1, 0.15) is 0 Å². The van der Waals surface area contributed by atoms with Crippen molar-refractivity contribution in [1.29, 1.82) is 0 Å². The van der Waals surface area contributed by atoms with E-state index in [1.165, 1.54) is 0 Å². The zero-order chi connectivity index (χ0) is 17.7. The van der Waals surface area contributed by atoms with Crippen LogP contribution in [0.25, 0.3) is 0 Å². The van der Waals surface area contributed by atoms with E-state index >= 15 is 0 Å². The van der Waals surface area contributed by atoms with Crippen molar-refractivity contribution < 1.29 is 10.2 Å². The fourth-order valence-electron chi connectivity index (χ4n) is 3.96. The van der Waals surface area contributed by atoms with Crippen LogP contribution < -0.4 is 0 Å². The predicted octanol–water partition coefficient (Wildman–Crippen LogP) is 4.56. The monoisotopic (exact) mass is 336 g/mol. The molecule has 0 saturated carbocycles. The van der Waals surface area contributed by atoms with Gasteiger partial charge in [-0.1, -0.05) is 72.8 Å². The molecule has 0 atom stereocenters. The Morgan fingerprint density at radius 1 is 0.346 bits per heavy atom. The van der Waals surface area contributed by atoms with Crippen molar-refractivity contribution in [2.24, 2.45) is 0 Å². The number of phenolic OH excluding ortho intramolecular Hbond substituents is 2. The summed E-state index contributed by atoms with van der Waals surface area (Å²) in [4.78, 5) is 0. The number of hydrogen-bond acceptors (Lipinski definition) is 2.